The van der Waals surface area contributed by atoms with Gasteiger partial charge in [-0.2, -0.15) is 4.98 Å². The molecule has 24 heteroatoms. The van der Waals surface area contributed by atoms with Gasteiger partial charge in [0.2, 0.25) is 29.6 Å². The van der Waals surface area contributed by atoms with E-state index in [9.17, 15) is 29.4 Å². The van der Waals surface area contributed by atoms with Crippen LogP contribution in [-0.2, 0) is 28.7 Å². The number of nitrogens with zero attached hydrogens (tertiary/aromatic N) is 8. The lowest BCUT2D eigenvalue weighted by atomic mass is 9.91. The summed E-state index contributed by atoms with van der Waals surface area (Å²) in [5.41, 5.74) is 4.90. The topological polar surface area (TPSA) is 247 Å². The van der Waals surface area contributed by atoms with Crippen LogP contribution >= 0.6 is 22.9 Å². The van der Waals surface area contributed by atoms with Gasteiger partial charge in [-0.1, -0.05) is 61.8 Å². The molecule has 5 heterocycles. The third kappa shape index (κ3) is 13.9. The normalized spacial score (nSPS) is 16.1. The van der Waals surface area contributed by atoms with Crippen LogP contribution in [0, 0.1) is 18.7 Å². The van der Waals surface area contributed by atoms with Crippen LogP contribution in [0.4, 0.5) is 16.2 Å². The molecule has 2 saturated heterocycles. The predicted octanol–water partition coefficient (Wildman–Crippen LogP) is 8.00. The van der Waals surface area contributed by atoms with E-state index in [1.807, 2.05) is 75.1 Å². The number of piperazine rings is 1. The lowest BCUT2D eigenvalue weighted by Gasteiger charge is -2.35. The number of phenolic OH excluding ortho intramolecular Hbond substituents is 1. The quantitative estimate of drug-likeness (QED) is 0.0419. The fourth-order valence-electron chi connectivity index (χ4n) is 10.7. The summed E-state index contributed by atoms with van der Waals surface area (Å²) < 4.78 is 45.6. The van der Waals surface area contributed by atoms with Crippen LogP contribution in [0.15, 0.2) is 76.8 Å². The van der Waals surface area contributed by atoms with E-state index in [0.29, 0.717) is 66.0 Å². The second kappa shape index (κ2) is 27.3. The lowest BCUT2D eigenvalue weighted by Crippen LogP contribution is -2.48. The number of amides is 4. The summed E-state index contributed by atoms with van der Waals surface area (Å²) in [7, 11) is 3.25. The van der Waals surface area contributed by atoms with Crippen LogP contribution in [0.2, 0.25) is 5.02 Å². The van der Waals surface area contributed by atoms with E-state index >= 15 is 4.39 Å². The molecular formula is C60H70ClFN10O11S. The van der Waals surface area contributed by atoms with E-state index in [-0.39, 0.29) is 122 Å². The molecule has 4 amide bonds. The van der Waals surface area contributed by atoms with E-state index in [1.165, 1.54) is 29.2 Å². The summed E-state index contributed by atoms with van der Waals surface area (Å²) in [6, 6.07) is 18.0. The number of thiazole rings is 1. The van der Waals surface area contributed by atoms with Crippen LogP contribution in [-0.4, -0.2) is 174 Å². The summed E-state index contributed by atoms with van der Waals surface area (Å²) in [6.07, 6.45) is -0.749. The molecule has 9 rings (SSSR count). The van der Waals surface area contributed by atoms with Gasteiger partial charge in [-0.15, -0.1) is 11.3 Å². The van der Waals surface area contributed by atoms with Gasteiger partial charge < -0.3 is 63.9 Å². The highest BCUT2D eigenvalue weighted by Crippen LogP contribution is 2.43. The molecule has 2 fully saturated rings. The van der Waals surface area contributed by atoms with Gasteiger partial charge in [-0.3, -0.25) is 19.2 Å². The highest BCUT2D eigenvalue weighted by molar-refractivity contribution is 7.13. The maximum atomic E-state index is 17.0. The minimum Gasteiger partial charge on any atom is -0.508 e. The molecule has 0 radical (unpaired) electrons. The van der Waals surface area contributed by atoms with Crippen molar-refractivity contribution in [1.29, 1.82) is 0 Å². The lowest BCUT2D eigenvalue weighted by molar-refractivity contribution is -0.141. The summed E-state index contributed by atoms with van der Waals surface area (Å²) in [4.78, 5) is 74.9. The molecule has 0 aliphatic carbocycles. The summed E-state index contributed by atoms with van der Waals surface area (Å²) in [5, 5.41) is 33.5. The molecule has 446 valence electrons. The highest BCUT2D eigenvalue weighted by atomic mass is 35.5. The van der Waals surface area contributed by atoms with Gasteiger partial charge in [0.25, 0.3) is 5.88 Å². The van der Waals surface area contributed by atoms with Crippen LogP contribution in [0.3, 0.4) is 0 Å². The van der Waals surface area contributed by atoms with Crippen molar-refractivity contribution < 1.29 is 57.3 Å². The second-order valence-electron chi connectivity index (χ2n) is 21.2. The number of fused-ring (bicyclic) bond motifs is 2. The molecular weight excluding hydrogens is 1120 g/mol. The first kappa shape index (κ1) is 60.9. The van der Waals surface area contributed by atoms with Crippen LogP contribution < -0.4 is 25.0 Å². The zero-order valence-corrected chi connectivity index (χ0v) is 49.6. The van der Waals surface area contributed by atoms with Crippen molar-refractivity contribution in [3.8, 4) is 38.9 Å². The van der Waals surface area contributed by atoms with Gasteiger partial charge in [0.05, 0.1) is 66.8 Å². The number of carbonyl (C=O) groups is 4. The van der Waals surface area contributed by atoms with Gasteiger partial charge in [-0.05, 0) is 71.1 Å². The smallest absolute Gasteiger partial charge is 0.254 e. The summed E-state index contributed by atoms with van der Waals surface area (Å²) >= 11 is 8.42. The van der Waals surface area contributed by atoms with Crippen LogP contribution in [0.1, 0.15) is 69.5 Å². The van der Waals surface area contributed by atoms with Gasteiger partial charge in [0.1, 0.15) is 41.4 Å². The maximum Gasteiger partial charge on any atom is 0.254 e. The number of ether oxygens (including phenoxy) is 4. The van der Waals surface area contributed by atoms with E-state index in [4.69, 9.17) is 40.1 Å². The molecule has 84 heavy (non-hydrogen) atoms. The Morgan fingerprint density at radius 2 is 1.70 bits per heavy atom. The first-order valence-corrected chi connectivity index (χ1v) is 29.2. The van der Waals surface area contributed by atoms with E-state index in [2.05, 4.69) is 25.8 Å². The number of nitrogens with one attached hydrogen (secondary N) is 2. The van der Waals surface area contributed by atoms with Crippen LogP contribution in [0.5, 0.6) is 17.4 Å². The Hall–Kier alpha value is -7.70. The molecule has 4 atom stereocenters. The predicted molar refractivity (Wildman–Crippen MR) is 317 cm³/mol. The monoisotopic (exact) mass is 1190 g/mol. The Morgan fingerprint density at radius 1 is 0.952 bits per heavy atom. The number of carbonyl (C=O) groups excluding carboxylic acids is 4. The maximum absolute atomic E-state index is 17.0. The Labute approximate surface area is 495 Å². The average Bonchev–Trinajstić information content (AvgIpc) is 1.53. The number of β-amino-alcohol motifs (C(OH)–C–C–N with tert-alkyl or cyclic N) is 1. The third-order valence-electron chi connectivity index (χ3n) is 15.1. The van der Waals surface area contributed by atoms with E-state index in [0.717, 1.165) is 21.7 Å². The number of aliphatic hydroxyl groups is 1. The Bertz CT molecular complexity index is 3500. The number of aliphatic hydroxyl groups excluding tert-OH is 1. The van der Waals surface area contributed by atoms with Crippen molar-refractivity contribution in [2.24, 2.45) is 5.92 Å². The molecule has 4 N–H and O–H groups in total. The van der Waals surface area contributed by atoms with Crippen molar-refractivity contribution in [2.75, 3.05) is 103 Å². The molecule has 2 aliphatic rings. The second-order valence-corrected chi connectivity index (χ2v) is 22.5. The Morgan fingerprint density at radius 3 is 2.43 bits per heavy atom. The van der Waals surface area contributed by atoms with Gasteiger partial charge in [-0.25, -0.2) is 14.4 Å². The van der Waals surface area contributed by atoms with Crippen molar-refractivity contribution in [3.63, 3.8) is 0 Å². The Kier molecular flexibility index (Phi) is 19.8. The summed E-state index contributed by atoms with van der Waals surface area (Å²) in [5.74, 6) is -1.25. The number of aromatic nitrogens is 4. The first-order chi connectivity index (χ1) is 40.4. The molecule has 4 aromatic carbocycles. The van der Waals surface area contributed by atoms with Crippen molar-refractivity contribution in [3.05, 3.63) is 100 Å². The van der Waals surface area contributed by atoms with E-state index in [1.54, 1.807) is 47.7 Å². The Balaban J connectivity index is 0.715. The minimum atomic E-state index is -0.922. The number of hydrogen-bond donors (Lipinski definition) is 4. The third-order valence-corrected chi connectivity index (χ3v) is 16.4. The first-order valence-electron chi connectivity index (χ1n) is 27.9. The SMILES string of the molecule is COc1cc(-c2scnc2C)ccc1[C@H](C)NC(=O)[C@@H]1C[C@@H](O)CN1C(=O)C(c1cc(OCCOCCOCCN(C)C(=O)CCNc2nc(N3CCN(C(C)=O)CC3)c3cc(Cl)c(-c4cc(O)cc5ccccc45)c(F)c3n2)no1)C(C)C. The molecule has 0 bridgehead atoms. The molecule has 0 saturated carbocycles. The van der Waals surface area contributed by atoms with Crippen molar-refractivity contribution >= 4 is 80.0 Å². The van der Waals surface area contributed by atoms with Gasteiger partial charge in [0.15, 0.2) is 11.6 Å². The fourth-order valence-corrected chi connectivity index (χ4v) is 11.8. The average molecular weight is 1190 g/mol. The highest BCUT2D eigenvalue weighted by Gasteiger charge is 2.44. The molecule has 3 aromatic heterocycles. The van der Waals surface area contributed by atoms with Crippen molar-refractivity contribution in [1.82, 2.24) is 40.1 Å². The fraction of sp³-hybridized carbons (Fsp3) is 0.433. The number of methoxy groups -OCH3 is 1. The van der Waals surface area contributed by atoms with Gasteiger partial charge in [0, 0.05) is 95.2 Å². The number of anilines is 2. The largest absolute Gasteiger partial charge is 0.508 e. The number of halogens is 2. The number of benzene rings is 4. The number of phenols is 1. The molecule has 0 spiro atoms. The van der Waals surface area contributed by atoms with E-state index < -0.39 is 35.8 Å². The molecule has 1 unspecified atom stereocenters. The zero-order valence-electron chi connectivity index (χ0n) is 48.0. The standard InChI is InChI=1S/C60H70ClFN10O11S/c1-34(2)52(59(78)72-32-41(75)29-47(72)58(77)65-35(3)42-13-12-39(27-48(42)79-7)56-36(4)64-33-84-56)49-31-50(68-83-49)82-25-24-81-23-22-80-21-20-69(6)51(76)14-15-63-60-66-55-45(57(67-60)71-18-16-70(17-19-71)37(5)73)30-46(61)53(54(55)62)44-28-40(74)26-38-10-8-9-11-43(38)44/h8-13,26-28,30-31,33-35,41,47,52,74-75H,14-25,29,32H2,1-7H3,(H,65,77)(H,63,66,67)/t35-,41+,47-,52?/m0/s1. The summed E-state index contributed by atoms with van der Waals surface area (Å²) in [6.45, 7) is 12.3. The van der Waals surface area contributed by atoms with Crippen molar-refractivity contribution in [2.45, 2.75) is 71.6 Å². The molecule has 2 aliphatic heterocycles. The minimum absolute atomic E-state index is 0.00384. The van der Waals surface area contributed by atoms with Crippen LogP contribution in [0.25, 0.3) is 43.2 Å². The number of hydrogen-bond acceptors (Lipinski definition) is 18. The number of likely N-dealkylation sites (N-methyl/N-ethyl adjacent to an activating group) is 1. The number of aromatic hydroxyl groups is 1. The number of likely N-dealkylation sites (tertiary alicyclic amines) is 1. The number of rotatable bonds is 24. The zero-order chi connectivity index (χ0) is 59.8. The molecule has 21 nitrogen and oxygen atoms in total. The number of aryl methyl sites for hydroxylation is 1. The van der Waals surface area contributed by atoms with Gasteiger partial charge >= 0.3 is 0 Å². The molecule has 7 aromatic rings.